The maximum Gasteiger partial charge on any atom is 1.00 e. The molecule has 0 radical (unpaired) electrons. The van der Waals surface area contributed by atoms with Gasteiger partial charge in [-0.2, -0.15) is 15.3 Å². The molecule has 0 heterocycles. The molecule has 4 N–H and O–H groups in total. The number of hydrogen-bond acceptors (Lipinski definition) is 20. The number of nitrogen functional groups attached to an aromatic ring is 1. The molecule has 6 aromatic carbocycles. The van der Waals surface area contributed by atoms with Crippen molar-refractivity contribution < 1.29 is 177 Å². The number of nitrogens with two attached hydrogens (primary N) is 1. The number of nitrogens with zero attached hydrogens (tertiary/aromatic N) is 6. The topological polar surface area (TPSA) is 352 Å². The number of fused-ring (bicyclic) bond motifs is 1. The van der Waals surface area contributed by atoms with E-state index in [-0.39, 0.29) is 141 Å². The molecule has 27 heteroatoms. The minimum Gasteiger partial charge on any atom is -0.744 e. The number of carboxylic acids is 1. The fraction of sp³-hybridized carbons (Fsp3) is 0.0541. The zero-order valence-electron chi connectivity index (χ0n) is 34.5. The number of phenolic OH excluding ortho intramolecular Hbond substituents is 1. The molecule has 0 saturated carbocycles. The average Bonchev–Trinajstić information content (AvgIpc) is 3.16. The number of benzene rings is 6. The molecule has 0 unspecified atom stereocenters. The Morgan fingerprint density at radius 1 is 0.547 bits per heavy atom. The number of carbonyl (C=O) groups excluding carboxylic acids is 1. The fourth-order valence-corrected chi connectivity index (χ4v) is 7.64. The maximum atomic E-state index is 12.3. The van der Waals surface area contributed by atoms with E-state index in [0.29, 0.717) is 35.1 Å². The standard InChI is InChI=1S/C37H29N7O13S3.4Na/c1-18-13-20(3-8-26(18)40-39-22-5-12-31(45)25(15-22)37(47)48)21-4-9-27(19(2)14-21)41-43-29-11-7-24-32(59(52,53)54)17-30(35(38)34(24)36(29)46)44-42-28-10-6-23(58(49,50)51)16-33(28)60(55,56)57;;;;/h3-17,45-46H,38H2,1-2H3,(H,47,48)(H,49,50,51)(H,52,53,54)(H,55,56,57);;;;/q;4*+1/p-4. The van der Waals surface area contributed by atoms with E-state index in [0.717, 1.165) is 28.8 Å². The summed E-state index contributed by atoms with van der Waals surface area (Å²) in [5.74, 6) is -2.77. The van der Waals surface area contributed by atoms with Gasteiger partial charge in [0, 0.05) is 10.9 Å². The van der Waals surface area contributed by atoms with Crippen molar-refractivity contribution in [1.82, 2.24) is 0 Å². The number of aryl methyl sites for hydroxylation is 2. The van der Waals surface area contributed by atoms with E-state index in [4.69, 9.17) is 5.73 Å². The second kappa shape index (κ2) is 22.6. The van der Waals surface area contributed by atoms with E-state index >= 15 is 0 Å². The molecule has 6 rings (SSSR count). The molecule has 20 nitrogen and oxygen atoms in total. The Morgan fingerprint density at radius 3 is 1.55 bits per heavy atom. The molecule has 64 heavy (non-hydrogen) atoms. The van der Waals surface area contributed by atoms with Gasteiger partial charge in [-0.1, -0.05) is 18.2 Å². The minimum absolute atomic E-state index is 0. The van der Waals surface area contributed by atoms with Crippen molar-refractivity contribution >= 4 is 86.9 Å². The van der Waals surface area contributed by atoms with E-state index in [9.17, 15) is 59.0 Å². The summed E-state index contributed by atoms with van der Waals surface area (Å²) in [5, 5.41) is 55.2. The van der Waals surface area contributed by atoms with Gasteiger partial charge < -0.3 is 39.5 Å². The normalized spacial score (nSPS) is 11.8. The summed E-state index contributed by atoms with van der Waals surface area (Å²) in [5.41, 5.74) is 7.68. The van der Waals surface area contributed by atoms with Crippen LogP contribution in [0.3, 0.4) is 0 Å². The van der Waals surface area contributed by atoms with E-state index in [1.54, 1.807) is 44.2 Å². The summed E-state index contributed by atoms with van der Waals surface area (Å²) < 4.78 is 107. The third-order valence-corrected chi connectivity index (χ3v) is 11.3. The van der Waals surface area contributed by atoms with Crippen molar-refractivity contribution in [3.05, 3.63) is 108 Å². The molecule has 0 aliphatic heterocycles. The molecule has 0 aliphatic rings. The molecule has 0 fully saturated rings. The van der Waals surface area contributed by atoms with Crippen LogP contribution < -0.4 is 129 Å². The van der Waals surface area contributed by atoms with Crippen LogP contribution in [0.4, 0.5) is 39.8 Å². The van der Waals surface area contributed by atoms with Gasteiger partial charge in [0.05, 0.1) is 48.8 Å². The number of anilines is 1. The van der Waals surface area contributed by atoms with Gasteiger partial charge in [0.25, 0.3) is 0 Å². The Labute approximate surface area is 453 Å². The van der Waals surface area contributed by atoms with E-state index < -0.39 is 90.5 Å². The zero-order valence-corrected chi connectivity index (χ0v) is 45.0. The number of azo groups is 3. The number of carboxylic acid groups (broad SMARTS) is 1. The molecule has 0 amide bonds. The molecular formula is C37H25N7Na4O13S3. The molecule has 0 spiro atoms. The number of aromatic hydroxyl groups is 2. The minimum atomic E-state index is -5.45. The van der Waals surface area contributed by atoms with Gasteiger partial charge in [-0.3, -0.25) is 0 Å². The molecule has 0 aliphatic carbocycles. The Morgan fingerprint density at radius 2 is 1.03 bits per heavy atom. The van der Waals surface area contributed by atoms with Crippen LogP contribution in [0.1, 0.15) is 21.5 Å². The van der Waals surface area contributed by atoms with Gasteiger partial charge in [-0.25, -0.2) is 25.3 Å². The predicted molar refractivity (Wildman–Crippen MR) is 207 cm³/mol. The van der Waals surface area contributed by atoms with Gasteiger partial charge in [-0.05, 0) is 109 Å². The first-order valence-corrected chi connectivity index (χ1v) is 20.9. The Balaban J connectivity index is 0.00000352. The van der Waals surface area contributed by atoms with Crippen LogP contribution in [0, 0.1) is 13.8 Å². The van der Waals surface area contributed by atoms with Gasteiger partial charge in [0.2, 0.25) is 0 Å². The SMILES string of the molecule is Cc1cc(-c2ccc(N=Nc3ccc4c(S(=O)(=O)[O-])cc(N=Nc5ccc(S(=O)(=O)[O-])cc5S(=O)(=O)[O-])c(N)c4c3O)c(C)c2)ccc1N=Nc1ccc(O)c(C(=O)[O-])c1.[Na+].[Na+].[Na+].[Na+]. The van der Waals surface area contributed by atoms with Gasteiger partial charge >= 0.3 is 118 Å². The van der Waals surface area contributed by atoms with Crippen LogP contribution in [0.25, 0.3) is 21.9 Å². The largest absolute Gasteiger partial charge is 1.00 e. The second-order valence-electron chi connectivity index (χ2n) is 12.7. The molecule has 0 atom stereocenters. The summed E-state index contributed by atoms with van der Waals surface area (Å²) in [6.07, 6.45) is 0. The summed E-state index contributed by atoms with van der Waals surface area (Å²) in [6, 6.07) is 18.8. The first-order chi connectivity index (χ1) is 28.0. The van der Waals surface area contributed by atoms with Crippen molar-refractivity contribution in [3.8, 4) is 22.6 Å². The van der Waals surface area contributed by atoms with Crippen LogP contribution in [-0.2, 0) is 30.4 Å². The number of hydrogen-bond donors (Lipinski definition) is 3. The second-order valence-corrected chi connectivity index (χ2v) is 16.8. The van der Waals surface area contributed by atoms with Crippen molar-refractivity contribution in [2.45, 2.75) is 28.5 Å². The summed E-state index contributed by atoms with van der Waals surface area (Å²) in [7, 11) is -16.0. The summed E-state index contributed by atoms with van der Waals surface area (Å²) >= 11 is 0. The molecule has 308 valence electrons. The summed E-state index contributed by atoms with van der Waals surface area (Å²) in [6.45, 7) is 3.53. The molecule has 0 saturated heterocycles. The third kappa shape index (κ3) is 13.1. The number of phenols is 2. The maximum absolute atomic E-state index is 12.3. The fourth-order valence-electron chi connectivity index (χ4n) is 5.74. The van der Waals surface area contributed by atoms with Crippen molar-refractivity contribution in [2.75, 3.05) is 5.73 Å². The van der Waals surface area contributed by atoms with E-state index in [1.807, 2.05) is 6.07 Å². The van der Waals surface area contributed by atoms with Crippen molar-refractivity contribution in [3.63, 3.8) is 0 Å². The first-order valence-electron chi connectivity index (χ1n) is 16.6. The number of rotatable bonds is 11. The Hall–Kier alpha value is -3.02. The van der Waals surface area contributed by atoms with Crippen LogP contribution in [0.2, 0.25) is 0 Å². The molecule has 6 aromatic rings. The van der Waals surface area contributed by atoms with Gasteiger partial charge in [-0.15, -0.1) is 15.3 Å². The smallest absolute Gasteiger partial charge is 0.744 e. The Bertz CT molecular complexity index is 3250. The zero-order chi connectivity index (χ0) is 43.9. The Kier molecular flexibility index (Phi) is 20.2. The first kappa shape index (κ1) is 57.1. The third-order valence-electron chi connectivity index (χ3n) is 8.72. The van der Waals surface area contributed by atoms with Crippen molar-refractivity contribution in [2.24, 2.45) is 30.7 Å². The van der Waals surface area contributed by atoms with Crippen LogP contribution in [0.5, 0.6) is 11.5 Å². The number of aromatic carboxylic acids is 1. The van der Waals surface area contributed by atoms with Crippen LogP contribution in [0.15, 0.2) is 136 Å². The molecular weight excluding hydrogens is 939 g/mol. The van der Waals surface area contributed by atoms with E-state index in [1.165, 1.54) is 18.2 Å². The predicted octanol–water partition coefficient (Wildman–Crippen LogP) is -5.54. The quantitative estimate of drug-likeness (QED) is 0.0472. The van der Waals surface area contributed by atoms with Crippen LogP contribution in [-0.4, -0.2) is 55.1 Å². The molecule has 0 bridgehead atoms. The molecule has 0 aromatic heterocycles. The van der Waals surface area contributed by atoms with Gasteiger partial charge in [0.15, 0.2) is 5.75 Å². The van der Waals surface area contributed by atoms with Gasteiger partial charge in [0.1, 0.15) is 53.2 Å². The van der Waals surface area contributed by atoms with Crippen LogP contribution >= 0.6 is 0 Å². The average molecular weight is 964 g/mol. The monoisotopic (exact) mass is 963 g/mol. The number of carbonyl (C=O) groups is 1. The van der Waals surface area contributed by atoms with E-state index in [2.05, 4.69) is 30.7 Å². The summed E-state index contributed by atoms with van der Waals surface area (Å²) in [4.78, 5) is 7.96. The van der Waals surface area contributed by atoms with Crippen molar-refractivity contribution in [1.29, 1.82) is 0 Å².